The van der Waals surface area contributed by atoms with Crippen molar-refractivity contribution in [3.05, 3.63) is 0 Å². The lowest BCUT2D eigenvalue weighted by Gasteiger charge is -2.21. The van der Waals surface area contributed by atoms with Crippen LogP contribution in [0.5, 0.6) is 0 Å². The third-order valence-electron chi connectivity index (χ3n) is 6.35. The monoisotopic (exact) mass is 513 g/mol. The van der Waals surface area contributed by atoms with Gasteiger partial charge in [0.25, 0.3) is 0 Å². The van der Waals surface area contributed by atoms with Crippen molar-refractivity contribution in [2.24, 2.45) is 5.73 Å². The molecule has 3 unspecified atom stereocenters. The molecule has 210 valence electrons. The minimum absolute atomic E-state index is 0.148. The molecule has 9 heteroatoms. The Bertz CT molecular complexity index is 629. The summed E-state index contributed by atoms with van der Waals surface area (Å²) in [6.45, 7) is 4.06. The van der Waals surface area contributed by atoms with Crippen LogP contribution in [-0.2, 0) is 19.2 Å². The topological polar surface area (TPSA) is 159 Å². The lowest BCUT2D eigenvalue weighted by atomic mass is 10.0. The summed E-state index contributed by atoms with van der Waals surface area (Å²) in [5, 5.41) is 23.9. The van der Waals surface area contributed by atoms with Crippen molar-refractivity contribution in [3.8, 4) is 0 Å². The van der Waals surface area contributed by atoms with Crippen LogP contribution in [-0.4, -0.2) is 52.1 Å². The summed E-state index contributed by atoms with van der Waals surface area (Å²) in [6.07, 6.45) is 15.7. The molecule has 3 amide bonds. The van der Waals surface area contributed by atoms with Gasteiger partial charge < -0.3 is 26.6 Å². The second kappa shape index (κ2) is 22.1. The summed E-state index contributed by atoms with van der Waals surface area (Å²) in [5.41, 5.74) is 5.17. The van der Waals surface area contributed by atoms with Crippen LogP contribution in [0.15, 0.2) is 0 Å². The summed E-state index contributed by atoms with van der Waals surface area (Å²) in [4.78, 5) is 47.0. The molecule has 0 bridgehead atoms. The molecule has 0 heterocycles. The van der Waals surface area contributed by atoms with E-state index >= 15 is 0 Å². The molecule has 9 nitrogen and oxygen atoms in total. The van der Waals surface area contributed by atoms with Crippen LogP contribution in [0.3, 0.4) is 0 Å². The SMILES string of the molecule is CCCCCCC(O)CCCCCCCCCCC(=O)NC(CCC)C(=O)NC(CC(=O)O)C(N)=O. The Morgan fingerprint density at radius 2 is 1.22 bits per heavy atom. The zero-order valence-corrected chi connectivity index (χ0v) is 22.6. The first-order chi connectivity index (χ1) is 17.2. The van der Waals surface area contributed by atoms with Crippen molar-refractivity contribution < 1.29 is 29.4 Å². The Morgan fingerprint density at radius 1 is 0.694 bits per heavy atom. The second-order valence-corrected chi connectivity index (χ2v) is 9.84. The molecule has 0 spiro atoms. The molecular formula is C27H51N3O6. The Kier molecular flexibility index (Phi) is 20.7. The van der Waals surface area contributed by atoms with Crippen molar-refractivity contribution in [2.45, 2.75) is 148 Å². The maximum atomic E-state index is 12.5. The van der Waals surface area contributed by atoms with Crippen molar-refractivity contribution in [1.82, 2.24) is 10.6 Å². The van der Waals surface area contributed by atoms with E-state index in [1.165, 1.54) is 25.7 Å². The van der Waals surface area contributed by atoms with Gasteiger partial charge in [0.2, 0.25) is 17.7 Å². The van der Waals surface area contributed by atoms with Crippen molar-refractivity contribution in [2.75, 3.05) is 0 Å². The van der Waals surface area contributed by atoms with Gasteiger partial charge in [-0.15, -0.1) is 0 Å². The van der Waals surface area contributed by atoms with Gasteiger partial charge in [-0.05, 0) is 25.7 Å². The Balaban J connectivity index is 3.97. The highest BCUT2D eigenvalue weighted by Gasteiger charge is 2.26. The van der Waals surface area contributed by atoms with Gasteiger partial charge in [0.15, 0.2) is 0 Å². The molecule has 0 saturated carbocycles. The molecule has 0 aliphatic carbocycles. The zero-order valence-electron chi connectivity index (χ0n) is 22.6. The number of carbonyl (C=O) groups is 4. The van der Waals surface area contributed by atoms with Crippen molar-refractivity contribution in [3.63, 3.8) is 0 Å². The lowest BCUT2D eigenvalue weighted by molar-refractivity contribution is -0.140. The molecule has 0 saturated heterocycles. The van der Waals surface area contributed by atoms with Gasteiger partial charge in [-0.3, -0.25) is 19.2 Å². The maximum Gasteiger partial charge on any atom is 0.305 e. The quantitative estimate of drug-likeness (QED) is 0.123. The summed E-state index contributed by atoms with van der Waals surface area (Å²) < 4.78 is 0. The van der Waals surface area contributed by atoms with Gasteiger partial charge in [0, 0.05) is 6.42 Å². The lowest BCUT2D eigenvalue weighted by Crippen LogP contribution is -2.53. The first-order valence-corrected chi connectivity index (χ1v) is 14.0. The average molecular weight is 514 g/mol. The van der Waals surface area contributed by atoms with Crippen LogP contribution >= 0.6 is 0 Å². The third kappa shape index (κ3) is 19.1. The number of aliphatic carboxylic acids is 1. The average Bonchev–Trinajstić information content (AvgIpc) is 2.81. The predicted octanol–water partition coefficient (Wildman–Crippen LogP) is 3.95. The number of amides is 3. The number of hydrogen-bond donors (Lipinski definition) is 5. The highest BCUT2D eigenvalue weighted by atomic mass is 16.4. The molecule has 0 aliphatic rings. The maximum absolute atomic E-state index is 12.5. The van der Waals surface area contributed by atoms with Crippen LogP contribution in [0, 0.1) is 0 Å². The van der Waals surface area contributed by atoms with Crippen molar-refractivity contribution >= 4 is 23.7 Å². The largest absolute Gasteiger partial charge is 0.481 e. The standard InChI is InChI=1S/C27H51N3O6/c1-3-5-6-13-17-21(31)18-14-11-9-7-8-10-12-15-19-24(32)29-22(16-4-2)27(36)30-23(26(28)35)20-25(33)34/h21-23,31H,3-20H2,1-2H3,(H2,28,35)(H,29,32)(H,30,36)(H,33,34). The summed E-state index contributed by atoms with van der Waals surface area (Å²) in [7, 11) is 0. The highest BCUT2D eigenvalue weighted by Crippen LogP contribution is 2.14. The van der Waals surface area contributed by atoms with E-state index in [0.29, 0.717) is 19.3 Å². The smallest absolute Gasteiger partial charge is 0.305 e. The number of nitrogens with two attached hydrogens (primary N) is 1. The van der Waals surface area contributed by atoms with Gasteiger partial charge in [-0.1, -0.05) is 90.9 Å². The molecule has 3 atom stereocenters. The number of carboxylic acid groups (broad SMARTS) is 1. The number of aliphatic hydroxyl groups excluding tert-OH is 1. The van der Waals surface area contributed by atoms with E-state index in [4.69, 9.17) is 10.8 Å². The highest BCUT2D eigenvalue weighted by molar-refractivity contribution is 5.93. The number of nitrogens with one attached hydrogen (secondary N) is 2. The van der Waals surface area contributed by atoms with Crippen LogP contribution in [0.1, 0.15) is 129 Å². The van der Waals surface area contributed by atoms with E-state index in [1.54, 1.807) is 0 Å². The van der Waals surface area contributed by atoms with Crippen LogP contribution in [0.25, 0.3) is 0 Å². The van der Waals surface area contributed by atoms with E-state index in [-0.39, 0.29) is 12.0 Å². The van der Waals surface area contributed by atoms with Gasteiger partial charge in [-0.2, -0.15) is 0 Å². The molecule has 36 heavy (non-hydrogen) atoms. The molecule has 6 N–H and O–H groups in total. The molecule has 0 aromatic rings. The van der Waals surface area contributed by atoms with Crippen LogP contribution < -0.4 is 16.4 Å². The number of carboxylic acids is 1. The third-order valence-corrected chi connectivity index (χ3v) is 6.35. The zero-order chi connectivity index (χ0) is 27.2. The Morgan fingerprint density at radius 3 is 1.72 bits per heavy atom. The van der Waals surface area contributed by atoms with Gasteiger partial charge in [0.1, 0.15) is 12.1 Å². The van der Waals surface area contributed by atoms with Gasteiger partial charge >= 0.3 is 5.97 Å². The van der Waals surface area contributed by atoms with E-state index in [9.17, 15) is 24.3 Å². The fourth-order valence-corrected chi connectivity index (χ4v) is 4.17. The van der Waals surface area contributed by atoms with E-state index in [1.807, 2.05) is 6.92 Å². The second-order valence-electron chi connectivity index (χ2n) is 9.84. The van der Waals surface area contributed by atoms with Crippen LogP contribution in [0.2, 0.25) is 0 Å². The number of unbranched alkanes of at least 4 members (excludes halogenated alkanes) is 10. The molecule has 0 rings (SSSR count). The molecule has 0 aromatic carbocycles. The Labute approximate surface area is 217 Å². The molecule has 0 aromatic heterocycles. The number of aliphatic hydroxyl groups is 1. The van der Waals surface area contributed by atoms with E-state index < -0.39 is 36.3 Å². The molecule has 0 radical (unpaired) electrons. The Hall–Kier alpha value is -2.16. The number of hydrogen-bond acceptors (Lipinski definition) is 5. The van der Waals surface area contributed by atoms with Gasteiger partial charge in [0.05, 0.1) is 12.5 Å². The first-order valence-electron chi connectivity index (χ1n) is 14.0. The van der Waals surface area contributed by atoms with E-state index in [0.717, 1.165) is 64.2 Å². The normalized spacial score (nSPS) is 13.5. The molecule has 0 aliphatic heterocycles. The molecular weight excluding hydrogens is 462 g/mol. The number of carbonyl (C=O) groups excluding carboxylic acids is 3. The van der Waals surface area contributed by atoms with E-state index in [2.05, 4.69) is 17.6 Å². The first kappa shape index (κ1) is 33.8. The summed E-state index contributed by atoms with van der Waals surface area (Å²) in [5.74, 6) is -3.00. The van der Waals surface area contributed by atoms with Crippen LogP contribution in [0.4, 0.5) is 0 Å². The molecule has 0 fully saturated rings. The van der Waals surface area contributed by atoms with Gasteiger partial charge in [-0.25, -0.2) is 0 Å². The number of rotatable bonds is 24. The fraction of sp³-hybridized carbons (Fsp3) is 0.852. The fourth-order valence-electron chi connectivity index (χ4n) is 4.17. The number of primary amides is 1. The predicted molar refractivity (Wildman–Crippen MR) is 141 cm³/mol. The minimum Gasteiger partial charge on any atom is -0.481 e. The van der Waals surface area contributed by atoms with Crippen molar-refractivity contribution in [1.29, 1.82) is 0 Å². The minimum atomic E-state index is -1.31. The summed E-state index contributed by atoms with van der Waals surface area (Å²) >= 11 is 0. The summed E-state index contributed by atoms with van der Waals surface area (Å²) in [6, 6.07) is -2.14.